The number of hydrogen-bond acceptors (Lipinski definition) is 7. The van der Waals surface area contributed by atoms with Gasteiger partial charge in [-0.3, -0.25) is 14.8 Å². The number of piperazine rings is 1. The molecule has 2 saturated heterocycles. The number of nitrogens with zero attached hydrogens (tertiary/aromatic N) is 5. The highest BCUT2D eigenvalue weighted by molar-refractivity contribution is 5.88. The SMILES string of the molecule is C=C(N1CCN(C(=O)Nc2ccn(-c3ccc(CN4CC5C(N)[C@@H]5C4)c(C)c3)c(=O)n2)CC1)C(C)(C)N. The number of aromatic nitrogens is 2. The van der Waals surface area contributed by atoms with E-state index in [1.54, 1.807) is 17.2 Å². The predicted octanol–water partition coefficient (Wildman–Crippen LogP) is 1.33. The van der Waals surface area contributed by atoms with Crippen molar-refractivity contribution in [3.05, 3.63) is 64.3 Å². The van der Waals surface area contributed by atoms with Gasteiger partial charge in [0.2, 0.25) is 0 Å². The second-order valence-corrected chi connectivity index (χ2v) is 11.2. The van der Waals surface area contributed by atoms with E-state index in [-0.39, 0.29) is 11.8 Å². The van der Waals surface area contributed by atoms with Gasteiger partial charge in [-0.15, -0.1) is 0 Å². The Morgan fingerprint density at radius 2 is 1.78 bits per heavy atom. The summed E-state index contributed by atoms with van der Waals surface area (Å²) in [5.74, 6) is 1.56. The van der Waals surface area contributed by atoms with Gasteiger partial charge in [0.15, 0.2) is 0 Å². The predicted molar refractivity (Wildman–Crippen MR) is 144 cm³/mol. The van der Waals surface area contributed by atoms with E-state index in [2.05, 4.69) is 39.7 Å². The summed E-state index contributed by atoms with van der Waals surface area (Å²) in [6.07, 6.45) is 1.65. The minimum Gasteiger partial charge on any atom is -0.370 e. The number of carbonyl (C=O) groups excluding carboxylic acids is 1. The van der Waals surface area contributed by atoms with Gasteiger partial charge >= 0.3 is 11.7 Å². The van der Waals surface area contributed by atoms with Gasteiger partial charge in [-0.25, -0.2) is 9.59 Å². The van der Waals surface area contributed by atoms with Crippen LogP contribution < -0.4 is 22.5 Å². The Morgan fingerprint density at radius 1 is 1.14 bits per heavy atom. The molecule has 5 rings (SSSR count). The van der Waals surface area contributed by atoms with Crippen molar-refractivity contribution in [2.24, 2.45) is 23.3 Å². The number of piperidine rings is 1. The number of hydrogen-bond donors (Lipinski definition) is 3. The maximum absolute atomic E-state index is 12.8. The van der Waals surface area contributed by atoms with Gasteiger partial charge in [0, 0.05) is 69.3 Å². The number of benzene rings is 1. The van der Waals surface area contributed by atoms with Crippen molar-refractivity contribution in [2.75, 3.05) is 44.6 Å². The summed E-state index contributed by atoms with van der Waals surface area (Å²) in [5.41, 5.74) is 15.3. The summed E-state index contributed by atoms with van der Waals surface area (Å²) >= 11 is 0. The Hall–Kier alpha value is -3.21. The van der Waals surface area contributed by atoms with Crippen LogP contribution in [0.1, 0.15) is 25.0 Å². The van der Waals surface area contributed by atoms with E-state index in [1.807, 2.05) is 26.0 Å². The first-order chi connectivity index (χ1) is 17.5. The molecule has 2 aliphatic heterocycles. The van der Waals surface area contributed by atoms with Crippen molar-refractivity contribution in [3.8, 4) is 5.69 Å². The molecule has 3 fully saturated rings. The van der Waals surface area contributed by atoms with E-state index in [0.717, 1.165) is 36.6 Å². The number of rotatable bonds is 6. The van der Waals surface area contributed by atoms with Crippen LogP contribution in [0.5, 0.6) is 0 Å². The summed E-state index contributed by atoms with van der Waals surface area (Å²) in [7, 11) is 0. The fraction of sp³-hybridized carbons (Fsp3) is 0.519. The highest BCUT2D eigenvalue weighted by Gasteiger charge is 2.53. The van der Waals surface area contributed by atoms with Gasteiger partial charge in [-0.2, -0.15) is 4.98 Å². The Labute approximate surface area is 217 Å². The molecule has 2 aromatic rings. The monoisotopic (exact) mass is 506 g/mol. The highest BCUT2D eigenvalue weighted by atomic mass is 16.2. The van der Waals surface area contributed by atoms with Gasteiger partial charge in [0.25, 0.3) is 0 Å². The van der Waals surface area contributed by atoms with Crippen molar-refractivity contribution in [1.29, 1.82) is 0 Å². The molecule has 1 aromatic heterocycles. The first-order valence-corrected chi connectivity index (χ1v) is 13.0. The molecular formula is C27H38N8O2. The fourth-order valence-electron chi connectivity index (χ4n) is 5.48. The molecule has 1 saturated carbocycles. The van der Waals surface area contributed by atoms with Crippen LogP contribution in [0.4, 0.5) is 10.6 Å². The van der Waals surface area contributed by atoms with Crippen LogP contribution in [0.3, 0.4) is 0 Å². The van der Waals surface area contributed by atoms with Crippen LogP contribution >= 0.6 is 0 Å². The van der Waals surface area contributed by atoms with E-state index in [4.69, 9.17) is 11.5 Å². The largest absolute Gasteiger partial charge is 0.370 e. The molecule has 2 unspecified atom stereocenters. The Balaban J connectivity index is 1.18. The Bertz CT molecular complexity index is 1250. The number of amides is 2. The zero-order chi connectivity index (χ0) is 26.5. The zero-order valence-electron chi connectivity index (χ0n) is 22.0. The Morgan fingerprint density at radius 3 is 2.38 bits per heavy atom. The number of urea groups is 1. The molecule has 3 aliphatic rings. The molecule has 198 valence electrons. The first-order valence-electron chi connectivity index (χ1n) is 13.0. The van der Waals surface area contributed by atoms with Crippen LogP contribution in [0, 0.1) is 18.8 Å². The quantitative estimate of drug-likeness (QED) is 0.540. The third kappa shape index (κ3) is 5.27. The molecule has 0 radical (unpaired) electrons. The van der Waals surface area contributed by atoms with Crippen molar-refractivity contribution in [3.63, 3.8) is 0 Å². The molecule has 0 bridgehead atoms. The first kappa shape index (κ1) is 25.4. The third-order valence-corrected chi connectivity index (χ3v) is 8.07. The average molecular weight is 507 g/mol. The zero-order valence-corrected chi connectivity index (χ0v) is 22.0. The second-order valence-electron chi connectivity index (χ2n) is 11.2. The molecule has 2 amide bonds. The van der Waals surface area contributed by atoms with Gasteiger partial charge in [-0.1, -0.05) is 12.6 Å². The normalized spacial score (nSPS) is 23.6. The molecule has 5 N–H and O–H groups in total. The van der Waals surface area contributed by atoms with Crippen LogP contribution in [0.2, 0.25) is 0 Å². The van der Waals surface area contributed by atoms with Crippen molar-refractivity contribution >= 4 is 11.8 Å². The van der Waals surface area contributed by atoms with Gasteiger partial charge in [-0.05, 0) is 61.9 Å². The lowest BCUT2D eigenvalue weighted by Gasteiger charge is -2.40. The summed E-state index contributed by atoms with van der Waals surface area (Å²) in [5, 5.41) is 2.76. The van der Waals surface area contributed by atoms with E-state index >= 15 is 0 Å². The van der Waals surface area contributed by atoms with Gasteiger partial charge in [0.05, 0.1) is 5.69 Å². The van der Waals surface area contributed by atoms with E-state index < -0.39 is 11.2 Å². The molecule has 37 heavy (non-hydrogen) atoms. The molecule has 1 aliphatic carbocycles. The van der Waals surface area contributed by atoms with Gasteiger partial charge in [0.1, 0.15) is 5.82 Å². The summed E-state index contributed by atoms with van der Waals surface area (Å²) in [6.45, 7) is 15.4. The van der Waals surface area contributed by atoms with E-state index in [0.29, 0.717) is 44.1 Å². The smallest absolute Gasteiger partial charge is 0.354 e. The molecule has 10 nitrogen and oxygen atoms in total. The minimum absolute atomic E-state index is 0.236. The molecular weight excluding hydrogens is 468 g/mol. The Kier molecular flexibility index (Phi) is 6.59. The lowest BCUT2D eigenvalue weighted by atomic mass is 10.0. The number of anilines is 1. The molecule has 3 heterocycles. The lowest BCUT2D eigenvalue weighted by Crippen LogP contribution is -2.53. The van der Waals surface area contributed by atoms with E-state index in [1.165, 1.54) is 10.1 Å². The topological polar surface area (TPSA) is 126 Å². The highest BCUT2D eigenvalue weighted by Crippen LogP contribution is 2.44. The number of nitrogens with one attached hydrogen (secondary N) is 1. The van der Waals surface area contributed by atoms with Crippen LogP contribution in [-0.2, 0) is 6.54 Å². The molecule has 0 spiro atoms. The second kappa shape index (κ2) is 9.59. The number of aryl methyl sites for hydroxylation is 1. The molecule has 10 heteroatoms. The number of nitrogens with two attached hydrogens (primary N) is 2. The maximum atomic E-state index is 12.8. The van der Waals surface area contributed by atoms with Crippen LogP contribution in [0.25, 0.3) is 5.69 Å². The van der Waals surface area contributed by atoms with Crippen molar-refractivity contribution < 1.29 is 4.79 Å². The number of likely N-dealkylation sites (tertiary alicyclic amines) is 1. The van der Waals surface area contributed by atoms with Gasteiger partial charge < -0.3 is 21.3 Å². The molecule has 3 atom stereocenters. The summed E-state index contributed by atoms with van der Waals surface area (Å²) in [4.78, 5) is 35.9. The summed E-state index contributed by atoms with van der Waals surface area (Å²) < 4.78 is 1.50. The minimum atomic E-state index is -0.500. The number of carbonyl (C=O) groups is 1. The standard InChI is InChI=1S/C27H38N8O2/c1-17-13-20(6-5-19(17)14-32-15-21-22(16-32)24(21)28)35-8-7-23(31-26(35)37)30-25(36)34-11-9-33(10-12-34)18(2)27(3,4)29/h5-8,13,21-22,24H,2,9-12,14-16,28-29H2,1,3-4H3,(H,30,31,36,37)/t21-,22?,24?/m1/s1. The third-order valence-electron chi connectivity index (χ3n) is 8.07. The van der Waals surface area contributed by atoms with Crippen LogP contribution in [0.15, 0.2) is 47.5 Å². The van der Waals surface area contributed by atoms with E-state index in [9.17, 15) is 9.59 Å². The van der Waals surface area contributed by atoms with Crippen molar-refractivity contribution in [1.82, 2.24) is 24.3 Å². The average Bonchev–Trinajstić information content (AvgIpc) is 3.24. The van der Waals surface area contributed by atoms with Crippen molar-refractivity contribution in [2.45, 2.75) is 38.9 Å². The summed E-state index contributed by atoms with van der Waals surface area (Å²) in [6, 6.07) is 7.81. The number of fused-ring (bicyclic) bond motifs is 1. The fourth-order valence-corrected chi connectivity index (χ4v) is 5.48. The lowest BCUT2D eigenvalue weighted by molar-refractivity contribution is 0.159. The molecule has 1 aromatic carbocycles. The maximum Gasteiger partial charge on any atom is 0.354 e. The van der Waals surface area contributed by atoms with Crippen LogP contribution in [-0.4, -0.2) is 81.1 Å².